The number of hydrogen-bond donors (Lipinski definition) is 2. The summed E-state index contributed by atoms with van der Waals surface area (Å²) in [7, 11) is 0. The smallest absolute Gasteiger partial charge is 0.251 e. The van der Waals surface area contributed by atoms with E-state index in [4.69, 9.17) is 5.73 Å². The highest BCUT2D eigenvalue weighted by Gasteiger charge is 2.38. The Kier molecular flexibility index (Phi) is 2.08. The number of nitrogens with two attached hydrogens (primary N) is 1. The van der Waals surface area contributed by atoms with Crippen molar-refractivity contribution < 1.29 is 13.6 Å². The van der Waals surface area contributed by atoms with Crippen molar-refractivity contribution in [3.05, 3.63) is 0 Å². The van der Waals surface area contributed by atoms with Crippen LogP contribution in [0.15, 0.2) is 0 Å². The molecule has 1 saturated heterocycles. The number of primary amides is 1. The molecule has 1 atom stereocenters. The van der Waals surface area contributed by atoms with Crippen LogP contribution in [0.4, 0.5) is 8.78 Å². The normalized spacial score (nSPS) is 29.8. The maximum atomic E-state index is 12.6. The first-order chi connectivity index (χ1) is 5.01. The van der Waals surface area contributed by atoms with Gasteiger partial charge in [-0.2, -0.15) is 0 Å². The molecular weight excluding hydrogens is 154 g/mol. The van der Waals surface area contributed by atoms with Crippen molar-refractivity contribution in [3.63, 3.8) is 0 Å². The van der Waals surface area contributed by atoms with Gasteiger partial charge in [-0.15, -0.1) is 0 Å². The van der Waals surface area contributed by atoms with Gasteiger partial charge >= 0.3 is 0 Å². The summed E-state index contributed by atoms with van der Waals surface area (Å²) >= 11 is 0. The van der Waals surface area contributed by atoms with E-state index in [1.165, 1.54) is 0 Å². The molecular formula is C6H10F2N2O. The summed E-state index contributed by atoms with van der Waals surface area (Å²) in [5.41, 5.74) is 4.85. The molecule has 0 aromatic carbocycles. The monoisotopic (exact) mass is 164 g/mol. The Morgan fingerprint density at radius 2 is 2.27 bits per heavy atom. The lowest BCUT2D eigenvalue weighted by molar-refractivity contribution is -0.125. The summed E-state index contributed by atoms with van der Waals surface area (Å²) in [6, 6.07) is -0.862. The molecule has 0 unspecified atom stereocenters. The Labute approximate surface area is 62.9 Å². The molecule has 0 radical (unpaired) electrons. The zero-order valence-corrected chi connectivity index (χ0v) is 5.94. The van der Waals surface area contributed by atoms with Crippen LogP contribution in [0.2, 0.25) is 0 Å². The Hall–Kier alpha value is -0.710. The number of piperidine rings is 1. The van der Waals surface area contributed by atoms with E-state index in [9.17, 15) is 13.6 Å². The van der Waals surface area contributed by atoms with Crippen LogP contribution in [0.5, 0.6) is 0 Å². The topological polar surface area (TPSA) is 55.1 Å². The Morgan fingerprint density at radius 3 is 2.64 bits per heavy atom. The quantitative estimate of drug-likeness (QED) is 0.566. The predicted molar refractivity (Wildman–Crippen MR) is 35.2 cm³/mol. The highest BCUT2D eigenvalue weighted by molar-refractivity contribution is 5.80. The largest absolute Gasteiger partial charge is 0.368 e. The van der Waals surface area contributed by atoms with Gasteiger partial charge in [0, 0.05) is 19.4 Å². The van der Waals surface area contributed by atoms with Crippen LogP contribution in [0.25, 0.3) is 0 Å². The summed E-state index contributed by atoms with van der Waals surface area (Å²) in [6.45, 7) is 0.153. The first-order valence-electron chi connectivity index (χ1n) is 3.42. The van der Waals surface area contributed by atoms with Crippen LogP contribution in [-0.4, -0.2) is 24.4 Å². The molecule has 0 aliphatic carbocycles. The molecule has 0 bridgehead atoms. The number of carbonyl (C=O) groups excluding carboxylic acids is 1. The van der Waals surface area contributed by atoms with Crippen molar-refractivity contribution in [1.29, 1.82) is 0 Å². The summed E-state index contributed by atoms with van der Waals surface area (Å²) in [5, 5.41) is 2.62. The maximum Gasteiger partial charge on any atom is 0.251 e. The third kappa shape index (κ3) is 2.11. The number of nitrogens with one attached hydrogen (secondary N) is 1. The summed E-state index contributed by atoms with van der Waals surface area (Å²) in [5.74, 6) is -3.44. The molecule has 0 aromatic rings. The molecule has 11 heavy (non-hydrogen) atoms. The van der Waals surface area contributed by atoms with Crippen LogP contribution in [0, 0.1) is 0 Å². The van der Waals surface area contributed by atoms with Gasteiger partial charge in [-0.3, -0.25) is 4.79 Å². The van der Waals surface area contributed by atoms with E-state index < -0.39 is 24.3 Å². The Morgan fingerprint density at radius 1 is 1.64 bits per heavy atom. The van der Waals surface area contributed by atoms with Crippen LogP contribution < -0.4 is 11.1 Å². The van der Waals surface area contributed by atoms with Crippen LogP contribution in [0.3, 0.4) is 0 Å². The second-order valence-electron chi connectivity index (χ2n) is 2.72. The van der Waals surface area contributed by atoms with Gasteiger partial charge in [0.2, 0.25) is 5.91 Å². The zero-order valence-electron chi connectivity index (χ0n) is 5.94. The molecule has 0 spiro atoms. The maximum absolute atomic E-state index is 12.6. The minimum atomic E-state index is -2.73. The highest BCUT2D eigenvalue weighted by atomic mass is 19.3. The summed E-state index contributed by atoms with van der Waals surface area (Å²) in [6.07, 6.45) is -0.681. The van der Waals surface area contributed by atoms with E-state index in [2.05, 4.69) is 5.32 Å². The second kappa shape index (κ2) is 2.73. The van der Waals surface area contributed by atoms with E-state index in [-0.39, 0.29) is 13.0 Å². The Balaban J connectivity index is 2.53. The van der Waals surface area contributed by atoms with E-state index in [1.807, 2.05) is 0 Å². The van der Waals surface area contributed by atoms with E-state index >= 15 is 0 Å². The average molecular weight is 164 g/mol. The van der Waals surface area contributed by atoms with Gasteiger partial charge < -0.3 is 11.1 Å². The van der Waals surface area contributed by atoms with Gasteiger partial charge in [-0.1, -0.05) is 0 Å². The van der Waals surface area contributed by atoms with E-state index in [0.717, 1.165) is 0 Å². The molecule has 1 amide bonds. The number of halogens is 2. The number of amides is 1. The standard InChI is InChI=1S/C6H10F2N2O/c7-6(8)1-2-10-4(3-6)5(9)11/h4,10H,1-3H2,(H2,9,11)/t4-/m0/s1. The number of carbonyl (C=O) groups is 1. The third-order valence-electron chi connectivity index (χ3n) is 1.73. The van der Waals surface area contributed by atoms with Crippen molar-refractivity contribution in [1.82, 2.24) is 5.32 Å². The first kappa shape index (κ1) is 8.39. The fourth-order valence-electron chi connectivity index (χ4n) is 1.10. The second-order valence-corrected chi connectivity index (χ2v) is 2.72. The molecule has 3 nitrogen and oxygen atoms in total. The minimum Gasteiger partial charge on any atom is -0.368 e. The third-order valence-corrected chi connectivity index (χ3v) is 1.73. The van der Waals surface area contributed by atoms with Crippen molar-refractivity contribution in [2.24, 2.45) is 5.73 Å². The lowest BCUT2D eigenvalue weighted by Gasteiger charge is -2.27. The average Bonchev–Trinajstić information content (AvgIpc) is 1.85. The molecule has 1 aliphatic heterocycles. The number of rotatable bonds is 1. The fraction of sp³-hybridized carbons (Fsp3) is 0.833. The minimum absolute atomic E-state index is 0.153. The molecule has 3 N–H and O–H groups in total. The van der Waals surface area contributed by atoms with Crippen LogP contribution in [0.1, 0.15) is 12.8 Å². The zero-order chi connectivity index (χ0) is 8.48. The van der Waals surface area contributed by atoms with Gasteiger partial charge in [0.1, 0.15) is 0 Å². The van der Waals surface area contributed by atoms with Gasteiger partial charge in [0.05, 0.1) is 6.04 Å². The summed E-state index contributed by atoms with van der Waals surface area (Å²) in [4.78, 5) is 10.5. The van der Waals surface area contributed by atoms with Crippen molar-refractivity contribution in [2.45, 2.75) is 24.8 Å². The van der Waals surface area contributed by atoms with Crippen molar-refractivity contribution in [3.8, 4) is 0 Å². The van der Waals surface area contributed by atoms with Gasteiger partial charge in [0.25, 0.3) is 5.92 Å². The SMILES string of the molecule is NC(=O)[C@@H]1CC(F)(F)CCN1. The molecule has 5 heteroatoms. The Bertz CT molecular complexity index is 172. The van der Waals surface area contributed by atoms with E-state index in [0.29, 0.717) is 0 Å². The van der Waals surface area contributed by atoms with Crippen molar-refractivity contribution in [2.75, 3.05) is 6.54 Å². The predicted octanol–water partition coefficient (Wildman–Crippen LogP) is -0.141. The van der Waals surface area contributed by atoms with Gasteiger partial charge in [-0.05, 0) is 0 Å². The molecule has 0 saturated carbocycles. The molecule has 1 fully saturated rings. The van der Waals surface area contributed by atoms with Crippen LogP contribution >= 0.6 is 0 Å². The van der Waals surface area contributed by atoms with E-state index in [1.54, 1.807) is 0 Å². The molecule has 1 rings (SSSR count). The van der Waals surface area contributed by atoms with Crippen LogP contribution in [-0.2, 0) is 4.79 Å². The molecule has 1 aliphatic rings. The first-order valence-corrected chi connectivity index (χ1v) is 3.42. The molecule has 1 heterocycles. The summed E-state index contributed by atoms with van der Waals surface area (Å²) < 4.78 is 25.1. The number of alkyl halides is 2. The van der Waals surface area contributed by atoms with Gasteiger partial charge in [0.15, 0.2) is 0 Å². The highest BCUT2D eigenvalue weighted by Crippen LogP contribution is 2.26. The lowest BCUT2D eigenvalue weighted by Crippen LogP contribution is -2.50. The molecule has 0 aromatic heterocycles. The van der Waals surface area contributed by atoms with Gasteiger partial charge in [-0.25, -0.2) is 8.78 Å². The lowest BCUT2D eigenvalue weighted by atomic mass is 10.0. The van der Waals surface area contributed by atoms with Crippen molar-refractivity contribution >= 4 is 5.91 Å². The number of hydrogen-bond acceptors (Lipinski definition) is 2. The fourth-order valence-corrected chi connectivity index (χ4v) is 1.10. The molecule has 64 valence electrons.